The third kappa shape index (κ3) is 4.58. The number of benzene rings is 1. The average molecular weight is 500 g/mol. The van der Waals surface area contributed by atoms with Crippen LogP contribution in [0.25, 0.3) is 18.0 Å². The molecule has 0 spiro atoms. The summed E-state index contributed by atoms with van der Waals surface area (Å²) >= 11 is 0. The van der Waals surface area contributed by atoms with E-state index in [9.17, 15) is 17.6 Å². The van der Waals surface area contributed by atoms with Gasteiger partial charge in [-0.05, 0) is 54.6 Å². The van der Waals surface area contributed by atoms with Crippen LogP contribution in [0.5, 0.6) is 5.88 Å². The molecule has 0 saturated carbocycles. The Bertz CT molecular complexity index is 1440. The number of nitrogens with one attached hydrogen (secondary N) is 1. The number of imidazole rings is 1. The summed E-state index contributed by atoms with van der Waals surface area (Å²) in [7, 11) is 1.49. The van der Waals surface area contributed by atoms with Gasteiger partial charge in [-0.1, -0.05) is 0 Å². The van der Waals surface area contributed by atoms with E-state index < -0.39 is 23.5 Å². The van der Waals surface area contributed by atoms with Gasteiger partial charge in [0.25, 0.3) is 11.7 Å². The van der Waals surface area contributed by atoms with Crippen molar-refractivity contribution in [3.8, 4) is 11.7 Å². The number of rotatable bonds is 5. The molecule has 0 amide bonds. The zero-order valence-corrected chi connectivity index (χ0v) is 19.4. The molecule has 0 saturated heterocycles. The highest BCUT2D eigenvalue weighted by Crippen LogP contribution is 2.39. The fourth-order valence-corrected chi connectivity index (χ4v) is 4.35. The maximum atomic E-state index is 13.9. The van der Waals surface area contributed by atoms with E-state index in [-0.39, 0.29) is 5.56 Å². The number of aromatic amines is 1. The van der Waals surface area contributed by atoms with Gasteiger partial charge in [-0.3, -0.25) is 4.57 Å². The van der Waals surface area contributed by atoms with Crippen LogP contribution < -0.4 is 9.42 Å². The Hall–Kier alpha value is -4.09. The number of nitrogens with zero attached hydrogens (tertiary/aromatic N) is 6. The van der Waals surface area contributed by atoms with E-state index in [2.05, 4.69) is 25.0 Å². The Labute approximate surface area is 203 Å². The van der Waals surface area contributed by atoms with Crippen molar-refractivity contribution in [2.75, 3.05) is 7.11 Å². The minimum Gasteiger partial charge on any atom is -0.478 e. The van der Waals surface area contributed by atoms with Gasteiger partial charge in [-0.2, -0.15) is 23.0 Å². The summed E-state index contributed by atoms with van der Waals surface area (Å²) in [5.41, 5.74) is 0.353. The van der Waals surface area contributed by atoms with Crippen LogP contribution in [0.4, 0.5) is 17.6 Å². The molecule has 1 aliphatic rings. The standard InChI is InChI=1S/C24H21F4N7O/c1-14-12-34(13-30-14)22-23(36-2)31-16(11-29-22)6-8-20-32-21-17(4-3-9-35(21)33-20)18-10-15(25)5-7-19(18)24(26,27)28/h5-8,10-13,17H,3-4,9H2,1-2H3/p+1. The monoisotopic (exact) mass is 500 g/mol. The number of alkyl halides is 3. The summed E-state index contributed by atoms with van der Waals surface area (Å²) in [5, 5.41) is 3.10. The first-order chi connectivity index (χ1) is 17.2. The number of hydrogen-bond acceptors (Lipinski definition) is 5. The molecular formula is C24H22F4N7O+. The lowest BCUT2D eigenvalue weighted by atomic mass is 9.87. The molecule has 3 aromatic heterocycles. The van der Waals surface area contributed by atoms with Crippen molar-refractivity contribution in [2.24, 2.45) is 0 Å². The molecule has 4 aromatic rings. The Balaban J connectivity index is 1.45. The molecule has 0 fully saturated rings. The fraction of sp³-hybridized carbons (Fsp3) is 0.292. The van der Waals surface area contributed by atoms with Crippen molar-refractivity contribution in [1.82, 2.24) is 29.6 Å². The first kappa shape index (κ1) is 23.6. The van der Waals surface area contributed by atoms with Gasteiger partial charge in [0.1, 0.15) is 18.7 Å². The first-order valence-electron chi connectivity index (χ1n) is 11.2. The summed E-state index contributed by atoms with van der Waals surface area (Å²) in [6.45, 7) is 2.42. The van der Waals surface area contributed by atoms with Gasteiger partial charge >= 0.3 is 12.0 Å². The smallest absolute Gasteiger partial charge is 0.416 e. The first-order valence-corrected chi connectivity index (χ1v) is 11.2. The number of H-pyrrole nitrogens is 1. The number of aromatic nitrogens is 7. The van der Waals surface area contributed by atoms with Crippen LogP contribution in [0, 0.1) is 12.7 Å². The molecule has 8 nitrogen and oxygen atoms in total. The lowest BCUT2D eigenvalue weighted by molar-refractivity contribution is -0.763. The van der Waals surface area contributed by atoms with E-state index in [4.69, 9.17) is 4.74 Å². The SMILES string of the molecule is COc1nc(C=Cc2nc3[n+]([nH]2)CCCC3c2cc(F)ccc2C(F)(F)F)cnc1-n1cnc(C)c1. The Kier molecular flexibility index (Phi) is 6.02. The van der Waals surface area contributed by atoms with E-state index >= 15 is 0 Å². The molecule has 0 bridgehead atoms. The molecule has 0 radical (unpaired) electrons. The summed E-state index contributed by atoms with van der Waals surface area (Å²) in [5.74, 6) is 0.226. The van der Waals surface area contributed by atoms with Crippen LogP contribution in [-0.4, -0.2) is 36.7 Å². The van der Waals surface area contributed by atoms with Gasteiger partial charge in [0, 0.05) is 12.3 Å². The number of aryl methyl sites for hydroxylation is 2. The highest BCUT2D eigenvalue weighted by molar-refractivity contribution is 5.64. The van der Waals surface area contributed by atoms with Crippen LogP contribution >= 0.6 is 0 Å². The second-order valence-electron chi connectivity index (χ2n) is 8.43. The van der Waals surface area contributed by atoms with Crippen LogP contribution in [0.2, 0.25) is 0 Å². The summed E-state index contributed by atoms with van der Waals surface area (Å²) in [4.78, 5) is 17.6. The number of fused-ring (bicyclic) bond motifs is 1. The molecule has 1 atom stereocenters. The lowest BCUT2D eigenvalue weighted by Gasteiger charge is -2.21. The van der Waals surface area contributed by atoms with Gasteiger partial charge in [-0.25, -0.2) is 19.3 Å². The molecule has 1 N–H and O–H groups in total. The third-order valence-corrected chi connectivity index (χ3v) is 5.94. The van der Waals surface area contributed by atoms with Gasteiger partial charge in [0.15, 0.2) is 0 Å². The average Bonchev–Trinajstić information content (AvgIpc) is 3.47. The maximum Gasteiger partial charge on any atom is 0.416 e. The molecule has 1 aromatic carbocycles. The number of methoxy groups -OCH3 is 1. The van der Waals surface area contributed by atoms with Crippen molar-refractivity contribution < 1.29 is 27.0 Å². The van der Waals surface area contributed by atoms with Crippen LogP contribution in [0.15, 0.2) is 36.9 Å². The summed E-state index contributed by atoms with van der Waals surface area (Å²) < 4.78 is 63.6. The van der Waals surface area contributed by atoms with Crippen molar-refractivity contribution in [3.05, 3.63) is 76.9 Å². The quantitative estimate of drug-likeness (QED) is 0.327. The highest BCUT2D eigenvalue weighted by atomic mass is 19.4. The second kappa shape index (κ2) is 9.17. The van der Waals surface area contributed by atoms with E-state index in [1.54, 1.807) is 40.1 Å². The van der Waals surface area contributed by atoms with Crippen molar-refractivity contribution in [2.45, 2.75) is 38.4 Å². The van der Waals surface area contributed by atoms with Crippen LogP contribution in [-0.2, 0) is 12.7 Å². The lowest BCUT2D eigenvalue weighted by Crippen LogP contribution is -2.44. The zero-order chi connectivity index (χ0) is 25.4. The Morgan fingerprint density at radius 2 is 2.03 bits per heavy atom. The Morgan fingerprint density at radius 1 is 1.19 bits per heavy atom. The van der Waals surface area contributed by atoms with E-state index in [1.165, 1.54) is 7.11 Å². The molecule has 186 valence electrons. The van der Waals surface area contributed by atoms with E-state index in [1.807, 2.05) is 6.92 Å². The predicted octanol–water partition coefficient (Wildman–Crippen LogP) is 4.24. The summed E-state index contributed by atoms with van der Waals surface area (Å²) in [6.07, 6.45) is 4.75. The highest BCUT2D eigenvalue weighted by Gasteiger charge is 2.40. The van der Waals surface area contributed by atoms with Gasteiger partial charge in [0.05, 0.1) is 36.2 Å². The van der Waals surface area contributed by atoms with Crippen LogP contribution in [0.1, 0.15) is 52.9 Å². The minimum atomic E-state index is -4.59. The van der Waals surface area contributed by atoms with Crippen LogP contribution in [0.3, 0.4) is 0 Å². The molecule has 1 aliphatic heterocycles. The molecule has 0 aliphatic carbocycles. The van der Waals surface area contributed by atoms with Gasteiger partial charge in [0.2, 0.25) is 5.82 Å². The summed E-state index contributed by atoms with van der Waals surface area (Å²) in [6, 6.07) is 2.58. The predicted molar refractivity (Wildman–Crippen MR) is 121 cm³/mol. The molecular weight excluding hydrogens is 478 g/mol. The minimum absolute atomic E-state index is 0.112. The molecule has 1 unspecified atom stereocenters. The second-order valence-corrected chi connectivity index (χ2v) is 8.43. The molecule has 4 heterocycles. The van der Waals surface area contributed by atoms with E-state index in [0.29, 0.717) is 48.4 Å². The maximum absolute atomic E-state index is 13.9. The molecule has 12 heteroatoms. The molecule has 5 rings (SSSR count). The van der Waals surface area contributed by atoms with Crippen molar-refractivity contribution in [3.63, 3.8) is 0 Å². The topological polar surface area (TPSA) is 85.4 Å². The largest absolute Gasteiger partial charge is 0.478 e. The number of hydrogen-bond donors (Lipinski definition) is 1. The molecule has 36 heavy (non-hydrogen) atoms. The zero-order valence-electron chi connectivity index (χ0n) is 19.4. The van der Waals surface area contributed by atoms with E-state index in [0.717, 1.165) is 23.9 Å². The fourth-order valence-electron chi connectivity index (χ4n) is 4.35. The van der Waals surface area contributed by atoms with Crippen molar-refractivity contribution >= 4 is 12.2 Å². The Morgan fingerprint density at radius 3 is 2.75 bits per heavy atom. The van der Waals surface area contributed by atoms with Gasteiger partial charge < -0.3 is 4.74 Å². The normalized spacial score (nSPS) is 15.9. The number of ether oxygens (including phenoxy) is 1. The van der Waals surface area contributed by atoms with Crippen molar-refractivity contribution in [1.29, 1.82) is 0 Å². The third-order valence-electron chi connectivity index (χ3n) is 5.94. The number of halogens is 4. The van der Waals surface area contributed by atoms with Gasteiger partial charge in [-0.15, -0.1) is 0 Å².